The van der Waals surface area contributed by atoms with Crippen LogP contribution in [0, 0.1) is 0 Å². The quantitative estimate of drug-likeness (QED) is 0.404. The molecule has 5 heterocycles. The molecular weight excluding hydrogens is 508 g/mol. The molecule has 0 aliphatic carbocycles. The van der Waals surface area contributed by atoms with Gasteiger partial charge in [-0.05, 0) is 85.4 Å². The molecule has 0 N–H and O–H groups in total. The van der Waals surface area contributed by atoms with Crippen molar-refractivity contribution in [2.45, 2.75) is 13.0 Å². The van der Waals surface area contributed by atoms with E-state index in [1.165, 1.54) is 0 Å². The van der Waals surface area contributed by atoms with Crippen LogP contribution in [0.3, 0.4) is 0 Å². The van der Waals surface area contributed by atoms with Gasteiger partial charge in [0.25, 0.3) is 0 Å². The molecule has 2 aromatic rings. The summed E-state index contributed by atoms with van der Waals surface area (Å²) in [5.74, 6) is 1.39. The summed E-state index contributed by atoms with van der Waals surface area (Å²) >= 11 is 0. The Bertz CT molecular complexity index is 1790. The molecule has 5 aliphatic heterocycles. The number of hydrogen-bond donors (Lipinski definition) is 0. The molecule has 198 valence electrons. The lowest BCUT2D eigenvalue weighted by Crippen LogP contribution is -2.20. The largest absolute Gasteiger partial charge is 0.487 e. The molecule has 41 heavy (non-hydrogen) atoms. The molecule has 0 saturated heterocycles. The zero-order valence-corrected chi connectivity index (χ0v) is 22.4. The molecule has 8 bridgehead atoms. The molecule has 0 aromatic heterocycles. The van der Waals surface area contributed by atoms with Gasteiger partial charge in [-0.1, -0.05) is 48.5 Å². The Hall–Kier alpha value is -5.36. The number of hydrogen-bond acceptors (Lipinski definition) is 6. The van der Waals surface area contributed by atoms with E-state index in [-0.39, 0.29) is 6.10 Å². The summed E-state index contributed by atoms with van der Waals surface area (Å²) in [6.07, 6.45) is 19.7. The van der Waals surface area contributed by atoms with Crippen molar-refractivity contribution >= 4 is 28.4 Å². The first-order chi connectivity index (χ1) is 20.2. The fraction of sp³-hybridized carbons (Fsp3) is 0.0857. The van der Waals surface area contributed by atoms with E-state index in [0.717, 1.165) is 51.1 Å². The van der Waals surface area contributed by atoms with E-state index < -0.39 is 0 Å². The number of aliphatic imine (C=N–C) groups is 4. The zero-order valence-electron chi connectivity index (χ0n) is 22.4. The Balaban J connectivity index is 1.32. The second kappa shape index (κ2) is 10.7. The van der Waals surface area contributed by atoms with Gasteiger partial charge in [-0.25, -0.2) is 20.0 Å². The molecular formula is C35H26N4O2. The van der Waals surface area contributed by atoms with Crippen LogP contribution >= 0.6 is 0 Å². The number of allylic oxidation sites excluding steroid dienone is 11. The minimum absolute atomic E-state index is 0.198. The van der Waals surface area contributed by atoms with Crippen LogP contribution in [0.25, 0.3) is 5.57 Å². The number of benzene rings is 2. The first kappa shape index (κ1) is 24.7. The van der Waals surface area contributed by atoms with Gasteiger partial charge in [0.05, 0.1) is 34.2 Å². The highest BCUT2D eigenvalue weighted by Gasteiger charge is 2.24. The van der Waals surface area contributed by atoms with Gasteiger partial charge in [0, 0.05) is 5.57 Å². The number of ether oxygens (including phenoxy) is 2. The second-order valence-corrected chi connectivity index (χ2v) is 9.97. The van der Waals surface area contributed by atoms with Crippen molar-refractivity contribution < 1.29 is 9.47 Å². The maximum Gasteiger partial charge on any atom is 0.170 e. The Morgan fingerprint density at radius 1 is 0.610 bits per heavy atom. The maximum atomic E-state index is 6.47. The van der Waals surface area contributed by atoms with E-state index in [1.54, 1.807) is 0 Å². The lowest BCUT2D eigenvalue weighted by Gasteiger charge is -2.17. The van der Waals surface area contributed by atoms with Crippen molar-refractivity contribution in [3.05, 3.63) is 156 Å². The van der Waals surface area contributed by atoms with Crippen molar-refractivity contribution in [3.63, 3.8) is 0 Å². The fourth-order valence-corrected chi connectivity index (χ4v) is 4.89. The number of fused-ring (bicyclic) bond motifs is 4. The molecule has 1 unspecified atom stereocenters. The Labute approximate surface area is 238 Å². The molecule has 0 spiro atoms. The topological polar surface area (TPSA) is 67.9 Å². The lowest BCUT2D eigenvalue weighted by atomic mass is 10.0. The predicted molar refractivity (Wildman–Crippen MR) is 165 cm³/mol. The van der Waals surface area contributed by atoms with E-state index in [4.69, 9.17) is 29.4 Å². The van der Waals surface area contributed by atoms with Gasteiger partial charge >= 0.3 is 0 Å². The van der Waals surface area contributed by atoms with Gasteiger partial charge in [-0.15, -0.1) is 0 Å². The van der Waals surface area contributed by atoms with Gasteiger partial charge in [-0.3, -0.25) is 0 Å². The van der Waals surface area contributed by atoms with Gasteiger partial charge in [0.1, 0.15) is 29.9 Å². The lowest BCUT2D eigenvalue weighted by molar-refractivity contribution is 0.107. The first-order valence-corrected chi connectivity index (χ1v) is 13.6. The van der Waals surface area contributed by atoms with Gasteiger partial charge in [0.2, 0.25) is 0 Å². The smallest absolute Gasteiger partial charge is 0.170 e. The molecule has 0 amide bonds. The van der Waals surface area contributed by atoms with E-state index in [0.29, 0.717) is 23.8 Å². The maximum absolute atomic E-state index is 6.47. The Morgan fingerprint density at radius 3 is 1.98 bits per heavy atom. The number of para-hydroxylation sites is 1. The summed E-state index contributed by atoms with van der Waals surface area (Å²) < 4.78 is 12.6. The average molecular weight is 535 g/mol. The highest BCUT2D eigenvalue weighted by atomic mass is 16.5. The third kappa shape index (κ3) is 5.40. The van der Waals surface area contributed by atoms with Crippen molar-refractivity contribution in [3.8, 4) is 5.75 Å². The highest BCUT2D eigenvalue weighted by Crippen LogP contribution is 2.32. The van der Waals surface area contributed by atoms with Crippen LogP contribution in [0.1, 0.15) is 12.5 Å². The summed E-state index contributed by atoms with van der Waals surface area (Å²) in [5, 5.41) is 0. The standard InChI is InChI=1S/C35H26N4O2/c1-23(41-30-10-6-3-7-11-30)22-40-35-32-17-16-28(38-32)19-27-13-12-25(36-27)18-26-14-15-29(37-26)20-33-31(21-34(35)39-33)24-8-4-2-5-9-24/h2-21,23H,22H2,1H3. The third-order valence-corrected chi connectivity index (χ3v) is 6.79. The molecule has 0 saturated carbocycles. The molecule has 0 fully saturated rings. The van der Waals surface area contributed by atoms with Crippen LogP contribution in [-0.4, -0.2) is 35.6 Å². The predicted octanol–water partition coefficient (Wildman–Crippen LogP) is 6.92. The summed E-state index contributed by atoms with van der Waals surface area (Å²) in [5.41, 5.74) is 8.41. The minimum atomic E-state index is -0.198. The van der Waals surface area contributed by atoms with Crippen LogP contribution in [0.15, 0.2) is 170 Å². The fourth-order valence-electron chi connectivity index (χ4n) is 4.89. The third-order valence-electron chi connectivity index (χ3n) is 6.79. The summed E-state index contributed by atoms with van der Waals surface area (Å²) in [6.45, 7) is 2.31. The molecule has 5 aliphatic rings. The summed E-state index contributed by atoms with van der Waals surface area (Å²) in [7, 11) is 0. The van der Waals surface area contributed by atoms with E-state index in [1.807, 2.05) is 110 Å². The van der Waals surface area contributed by atoms with Crippen LogP contribution in [0.5, 0.6) is 5.75 Å². The summed E-state index contributed by atoms with van der Waals surface area (Å²) in [4.78, 5) is 19.5. The van der Waals surface area contributed by atoms with E-state index >= 15 is 0 Å². The molecule has 6 heteroatoms. The average Bonchev–Trinajstić information content (AvgIpc) is 3.80. The van der Waals surface area contributed by atoms with Gasteiger partial charge in [-0.2, -0.15) is 0 Å². The van der Waals surface area contributed by atoms with Crippen LogP contribution < -0.4 is 4.74 Å². The first-order valence-electron chi connectivity index (χ1n) is 13.6. The van der Waals surface area contributed by atoms with Crippen molar-refractivity contribution in [2.24, 2.45) is 20.0 Å². The Morgan fingerprint density at radius 2 is 1.24 bits per heavy atom. The van der Waals surface area contributed by atoms with Crippen molar-refractivity contribution in [2.75, 3.05) is 6.61 Å². The van der Waals surface area contributed by atoms with Crippen molar-refractivity contribution in [1.82, 2.24) is 0 Å². The molecule has 7 rings (SSSR count). The summed E-state index contributed by atoms with van der Waals surface area (Å²) in [6, 6.07) is 20.0. The molecule has 1 atom stereocenters. The monoisotopic (exact) mass is 534 g/mol. The normalized spacial score (nSPS) is 19.1. The zero-order chi connectivity index (χ0) is 27.6. The van der Waals surface area contributed by atoms with Gasteiger partial charge in [0.15, 0.2) is 5.76 Å². The molecule has 2 aromatic carbocycles. The van der Waals surface area contributed by atoms with Crippen LogP contribution in [0.2, 0.25) is 0 Å². The molecule has 6 nitrogen and oxygen atoms in total. The van der Waals surface area contributed by atoms with Gasteiger partial charge < -0.3 is 9.47 Å². The number of rotatable bonds is 6. The van der Waals surface area contributed by atoms with E-state index in [9.17, 15) is 0 Å². The van der Waals surface area contributed by atoms with Crippen molar-refractivity contribution in [1.29, 1.82) is 0 Å². The van der Waals surface area contributed by atoms with E-state index in [2.05, 4.69) is 18.2 Å². The molecule has 0 radical (unpaired) electrons. The Kier molecular flexibility index (Phi) is 6.41. The SMILES string of the molecule is CC(COC1=C2C=C(c3ccccc3)C(=N2)C=C2C=CC(=N2)C=C2C=CC(=N2)C=C2C=CC1=N2)Oc1ccccc1. The van der Waals surface area contributed by atoms with Crippen LogP contribution in [0.4, 0.5) is 0 Å². The second-order valence-electron chi connectivity index (χ2n) is 9.97. The minimum Gasteiger partial charge on any atom is -0.487 e. The number of nitrogens with zero attached hydrogens (tertiary/aromatic N) is 4. The van der Waals surface area contributed by atoms with Crippen LogP contribution in [-0.2, 0) is 4.74 Å². The highest BCUT2D eigenvalue weighted by molar-refractivity contribution is 6.32.